The molecule has 0 unspecified atom stereocenters. The van der Waals surface area contributed by atoms with Crippen molar-refractivity contribution in [2.45, 2.75) is 36.5 Å². The second kappa shape index (κ2) is 11.7. The van der Waals surface area contributed by atoms with E-state index in [-0.39, 0.29) is 44.7 Å². The van der Waals surface area contributed by atoms with Crippen LogP contribution in [-0.2, 0) is 26.5 Å². The maximum Gasteiger partial charge on any atom is 0.279 e. The van der Waals surface area contributed by atoms with Gasteiger partial charge in [0.15, 0.2) is 5.52 Å². The van der Waals surface area contributed by atoms with Gasteiger partial charge in [-0.2, -0.15) is 20.5 Å². The second-order valence-electron chi connectivity index (χ2n) is 9.03. The van der Waals surface area contributed by atoms with E-state index in [0.717, 1.165) is 24.4 Å². The summed E-state index contributed by atoms with van der Waals surface area (Å²) in [5.74, 6) is 0.308. The highest BCUT2D eigenvalue weighted by atomic mass is 32.3. The van der Waals surface area contributed by atoms with Crippen LogP contribution in [0.1, 0.15) is 25.8 Å². The third-order valence-electron chi connectivity index (χ3n) is 6.23. The monoisotopic (exact) mass is 606 g/mol. The van der Waals surface area contributed by atoms with Crippen LogP contribution in [0.2, 0.25) is 0 Å². The zero-order valence-electron chi connectivity index (χ0n) is 22.6. The number of hydrogen-bond acceptors (Lipinski definition) is 10. The van der Waals surface area contributed by atoms with E-state index in [1.54, 1.807) is 19.2 Å². The molecule has 216 valence electrons. The Labute approximate surface area is 242 Å². The first-order valence-corrected chi connectivity index (χ1v) is 15.8. The van der Waals surface area contributed by atoms with E-state index in [9.17, 15) is 21.6 Å². The van der Waals surface area contributed by atoms with Crippen molar-refractivity contribution >= 4 is 36.8 Å². The van der Waals surface area contributed by atoms with Crippen molar-refractivity contribution < 1.29 is 21.6 Å². The molecule has 0 aliphatic heterocycles. The maximum atomic E-state index is 13.9. The summed E-state index contributed by atoms with van der Waals surface area (Å²) in [5.41, 5.74) is 0.761. The summed E-state index contributed by atoms with van der Waals surface area (Å²) in [5, 5.41) is 0. The molecule has 4 aromatic heterocycles. The van der Waals surface area contributed by atoms with Crippen LogP contribution in [0.25, 0.3) is 22.4 Å². The van der Waals surface area contributed by atoms with Gasteiger partial charge in [0.25, 0.3) is 25.6 Å². The minimum Gasteiger partial charge on any atom is -0.493 e. The van der Waals surface area contributed by atoms with Crippen LogP contribution in [-0.4, -0.2) is 48.4 Å². The van der Waals surface area contributed by atoms with Crippen LogP contribution < -0.4 is 14.0 Å². The number of benzene rings is 1. The van der Waals surface area contributed by atoms with Crippen LogP contribution in [0, 0.1) is 0 Å². The number of nitrogens with zero attached hydrogens (tertiary/aromatic N) is 5. The van der Waals surface area contributed by atoms with Gasteiger partial charge in [0.05, 0.1) is 17.9 Å². The van der Waals surface area contributed by atoms with Gasteiger partial charge >= 0.3 is 0 Å². The molecule has 4 heterocycles. The zero-order valence-corrected chi connectivity index (χ0v) is 24.3. The van der Waals surface area contributed by atoms with E-state index in [4.69, 9.17) is 4.74 Å². The van der Waals surface area contributed by atoms with Gasteiger partial charge in [0.2, 0.25) is 0 Å². The number of H-pyrrole nitrogens is 1. The van der Waals surface area contributed by atoms with Crippen LogP contribution in [0.4, 0.5) is 5.69 Å². The molecule has 42 heavy (non-hydrogen) atoms. The summed E-state index contributed by atoms with van der Waals surface area (Å²) in [6.07, 6.45) is 7.85. The molecule has 0 bridgehead atoms. The highest BCUT2D eigenvalue weighted by Crippen LogP contribution is 2.37. The highest BCUT2D eigenvalue weighted by Gasteiger charge is 2.38. The summed E-state index contributed by atoms with van der Waals surface area (Å²) in [6, 6.07) is 11.1. The Bertz CT molecular complexity index is 1950. The molecule has 12 nitrogen and oxygen atoms in total. The molecule has 1 N–H and O–H groups in total. The van der Waals surface area contributed by atoms with Gasteiger partial charge in [-0.05, 0) is 67.4 Å². The quantitative estimate of drug-likeness (QED) is 0.248. The van der Waals surface area contributed by atoms with E-state index < -0.39 is 25.6 Å². The first-order valence-electron chi connectivity index (χ1n) is 12.9. The van der Waals surface area contributed by atoms with Crippen molar-refractivity contribution in [1.29, 1.82) is 0 Å². The number of anilines is 1. The van der Waals surface area contributed by atoms with E-state index >= 15 is 0 Å². The topological polar surface area (TPSA) is 165 Å². The lowest BCUT2D eigenvalue weighted by Crippen LogP contribution is -2.37. The number of aromatic amines is 1. The van der Waals surface area contributed by atoms with Gasteiger partial charge in [-0.25, -0.2) is 9.97 Å². The van der Waals surface area contributed by atoms with Crippen molar-refractivity contribution in [3.8, 4) is 17.1 Å². The first-order chi connectivity index (χ1) is 20.2. The van der Waals surface area contributed by atoms with E-state index in [1.807, 2.05) is 6.92 Å². The molecular formula is C28H26N6O6S2. The molecule has 0 fully saturated rings. The number of hydrogen-bond donors (Lipinski definition) is 1. The Morgan fingerprint density at radius 3 is 2.10 bits per heavy atom. The molecule has 0 aliphatic rings. The van der Waals surface area contributed by atoms with Gasteiger partial charge in [0, 0.05) is 31.0 Å². The Morgan fingerprint density at radius 2 is 1.52 bits per heavy atom. The van der Waals surface area contributed by atoms with Gasteiger partial charge in [0.1, 0.15) is 26.9 Å². The minimum absolute atomic E-state index is 0.0562. The molecule has 14 heteroatoms. The fraction of sp³-hybridized carbons (Fsp3) is 0.179. The van der Waals surface area contributed by atoms with Crippen LogP contribution in [0.15, 0.2) is 94.1 Å². The third kappa shape index (κ3) is 5.33. The van der Waals surface area contributed by atoms with E-state index in [1.165, 1.54) is 54.9 Å². The van der Waals surface area contributed by atoms with Crippen LogP contribution >= 0.6 is 0 Å². The number of fused-ring (bicyclic) bond motifs is 1. The highest BCUT2D eigenvalue weighted by molar-refractivity contribution is 8.10. The molecule has 1 aromatic carbocycles. The normalized spacial score (nSPS) is 11.9. The molecule has 0 saturated carbocycles. The second-order valence-corrected chi connectivity index (χ2v) is 12.8. The summed E-state index contributed by atoms with van der Waals surface area (Å²) < 4.78 is 61.8. The molecule has 0 aliphatic carbocycles. The Kier molecular flexibility index (Phi) is 8.00. The van der Waals surface area contributed by atoms with Gasteiger partial charge in [-0.15, -0.1) is 0 Å². The fourth-order valence-electron chi connectivity index (χ4n) is 4.39. The molecule has 5 aromatic rings. The molecular weight excluding hydrogens is 580 g/mol. The van der Waals surface area contributed by atoms with Gasteiger partial charge in [-0.3, -0.25) is 14.8 Å². The maximum absolute atomic E-state index is 13.9. The third-order valence-corrected chi connectivity index (χ3v) is 10.4. The number of aromatic nitrogens is 5. The van der Waals surface area contributed by atoms with Crippen molar-refractivity contribution in [3.05, 3.63) is 95.4 Å². The number of nitrogens with one attached hydrogen (secondary N) is 1. The number of rotatable bonds is 10. The van der Waals surface area contributed by atoms with Gasteiger partial charge in [-0.1, -0.05) is 13.3 Å². The summed E-state index contributed by atoms with van der Waals surface area (Å²) >= 11 is 0. The Hall–Kier alpha value is -4.69. The molecule has 0 amide bonds. The average Bonchev–Trinajstić information content (AvgIpc) is 2.99. The lowest BCUT2D eigenvalue weighted by atomic mass is 10.1. The van der Waals surface area contributed by atoms with Crippen molar-refractivity contribution in [1.82, 2.24) is 24.9 Å². The van der Waals surface area contributed by atoms with Crippen molar-refractivity contribution in [2.75, 3.05) is 10.3 Å². The lowest BCUT2D eigenvalue weighted by molar-refractivity contribution is 0.341. The summed E-state index contributed by atoms with van der Waals surface area (Å²) in [4.78, 5) is 31.7. The number of ether oxygens (including phenoxy) is 1. The number of aryl methyl sites for hydroxylation is 1. The van der Waals surface area contributed by atoms with Gasteiger partial charge < -0.3 is 9.72 Å². The van der Waals surface area contributed by atoms with Crippen LogP contribution in [0.5, 0.6) is 5.75 Å². The Morgan fingerprint density at radius 1 is 0.857 bits per heavy atom. The Balaban J connectivity index is 1.79. The molecule has 0 radical (unpaired) electrons. The van der Waals surface area contributed by atoms with Crippen molar-refractivity contribution in [2.24, 2.45) is 0 Å². The molecule has 0 atom stereocenters. The first kappa shape index (κ1) is 28.8. The molecule has 5 rings (SSSR count). The SMILES string of the molecule is CCCc1ccnc2c(=O)[nH]c(-c3cc(N(S(=O)(=O)c4cccnc4)S(=O)(=O)c4cccnc4)ccc3OCC)nc12. The lowest BCUT2D eigenvalue weighted by Gasteiger charge is -2.25. The standard InChI is InChI=1S/C28H26N6O6S2/c1-3-7-19-12-15-31-26-25(19)32-27(33-28(26)35)23-16-20(10-11-24(23)40-4-2)34(41(36,37)21-8-5-13-29-17-21)42(38,39)22-9-6-14-30-18-22/h5-6,8-18H,3-4,7H2,1-2H3,(H,32,33,35). The average molecular weight is 607 g/mol. The summed E-state index contributed by atoms with van der Waals surface area (Å²) in [7, 11) is -9.46. The van der Waals surface area contributed by atoms with E-state index in [0.29, 0.717) is 15.6 Å². The zero-order chi connectivity index (χ0) is 29.9. The minimum atomic E-state index is -4.73. The largest absolute Gasteiger partial charge is 0.493 e. The summed E-state index contributed by atoms with van der Waals surface area (Å²) in [6.45, 7) is 3.99. The van der Waals surface area contributed by atoms with E-state index in [2.05, 4.69) is 24.9 Å². The fourth-order valence-corrected chi connectivity index (χ4v) is 7.99. The molecule has 0 saturated heterocycles. The number of sulfonamides is 2. The number of pyridine rings is 3. The predicted molar refractivity (Wildman–Crippen MR) is 156 cm³/mol. The molecule has 0 spiro atoms. The smallest absolute Gasteiger partial charge is 0.279 e. The van der Waals surface area contributed by atoms with Crippen LogP contribution in [0.3, 0.4) is 0 Å². The predicted octanol–water partition coefficient (Wildman–Crippen LogP) is 3.71. The van der Waals surface area contributed by atoms with Crippen molar-refractivity contribution in [3.63, 3.8) is 0 Å².